The Kier molecular flexibility index (Phi) is 9.27. The van der Waals surface area contributed by atoms with E-state index < -0.39 is 30.3 Å². The third-order valence-electron chi connectivity index (χ3n) is 11.9. The van der Waals surface area contributed by atoms with Crippen LogP contribution >= 0.6 is 0 Å². The standard InChI is InChI=1S/C39H49NO7/c1-46-39-30(15-22-13-14-40-20-22)36(31(21-41)37(44)38(39)45)35-19-33(43)28-11-9-26(18-34(28)47-35)25-10-12-32(42)29(17-25)27-8-4-7-24(16-27)23-5-2-3-6-23/h4,8,10,12-14,17,20,23-24,26-28,33-35,40-45H,2-3,5-7,9,11,15-16,18-19,21H2,1H3. The molecule has 7 rings (SSSR count). The van der Waals surface area contributed by atoms with Gasteiger partial charge >= 0.3 is 0 Å². The van der Waals surface area contributed by atoms with Gasteiger partial charge in [0.2, 0.25) is 5.75 Å². The summed E-state index contributed by atoms with van der Waals surface area (Å²) in [6.07, 6.45) is 17.5. The molecular formula is C39H49NO7. The van der Waals surface area contributed by atoms with Crippen molar-refractivity contribution in [1.29, 1.82) is 0 Å². The molecule has 2 aromatic carbocycles. The summed E-state index contributed by atoms with van der Waals surface area (Å²) in [6.45, 7) is -0.501. The number of rotatable bonds is 8. The van der Waals surface area contributed by atoms with Crippen LogP contribution in [0, 0.1) is 17.8 Å². The van der Waals surface area contributed by atoms with E-state index in [1.807, 2.05) is 30.6 Å². The monoisotopic (exact) mass is 643 g/mol. The predicted molar refractivity (Wildman–Crippen MR) is 179 cm³/mol. The third-order valence-corrected chi connectivity index (χ3v) is 11.9. The van der Waals surface area contributed by atoms with E-state index in [1.54, 1.807) is 0 Å². The van der Waals surface area contributed by atoms with Gasteiger partial charge in [0.05, 0.1) is 32.0 Å². The van der Waals surface area contributed by atoms with Crippen LogP contribution in [0.25, 0.3) is 0 Å². The van der Waals surface area contributed by atoms with Gasteiger partial charge in [0, 0.05) is 53.8 Å². The predicted octanol–water partition coefficient (Wildman–Crippen LogP) is 7.24. The molecule has 252 valence electrons. The van der Waals surface area contributed by atoms with Crippen molar-refractivity contribution in [3.63, 3.8) is 0 Å². The Labute approximate surface area is 277 Å². The van der Waals surface area contributed by atoms with Crippen molar-refractivity contribution >= 4 is 0 Å². The second-order valence-electron chi connectivity index (χ2n) is 14.4. The molecule has 8 nitrogen and oxygen atoms in total. The number of aliphatic hydroxyl groups is 2. The van der Waals surface area contributed by atoms with Gasteiger partial charge in [-0.1, -0.05) is 50.0 Å². The number of nitrogens with one attached hydrogen (secondary N) is 1. The molecule has 3 fully saturated rings. The Morgan fingerprint density at radius 2 is 1.77 bits per heavy atom. The minimum absolute atomic E-state index is 0.0224. The van der Waals surface area contributed by atoms with E-state index >= 15 is 0 Å². The maximum absolute atomic E-state index is 11.5. The number of phenolic OH excluding ortho intramolecular Hbond substituents is 2. The van der Waals surface area contributed by atoms with Crippen LogP contribution < -0.4 is 4.74 Å². The van der Waals surface area contributed by atoms with E-state index in [0.29, 0.717) is 35.6 Å². The first kappa shape index (κ1) is 32.1. The van der Waals surface area contributed by atoms with E-state index in [0.717, 1.165) is 49.1 Å². The van der Waals surface area contributed by atoms with Crippen molar-refractivity contribution in [2.24, 2.45) is 17.8 Å². The number of methoxy groups -OCH3 is 1. The summed E-state index contributed by atoms with van der Waals surface area (Å²) >= 11 is 0. The first-order valence-electron chi connectivity index (χ1n) is 17.5. The van der Waals surface area contributed by atoms with Crippen LogP contribution in [0.2, 0.25) is 0 Å². The first-order chi connectivity index (χ1) is 22.9. The van der Waals surface area contributed by atoms with Gasteiger partial charge in [-0.25, -0.2) is 0 Å². The van der Waals surface area contributed by atoms with Crippen LogP contribution in [0.3, 0.4) is 0 Å². The van der Waals surface area contributed by atoms with Gasteiger partial charge in [-0.15, -0.1) is 0 Å². The lowest BCUT2D eigenvalue weighted by molar-refractivity contribution is -0.154. The Morgan fingerprint density at radius 1 is 0.936 bits per heavy atom. The molecule has 3 aromatic rings. The Morgan fingerprint density at radius 3 is 2.51 bits per heavy atom. The fourth-order valence-corrected chi connectivity index (χ4v) is 9.43. The van der Waals surface area contributed by atoms with Crippen molar-refractivity contribution in [2.45, 2.75) is 107 Å². The highest BCUT2D eigenvalue weighted by molar-refractivity contribution is 5.64. The molecule has 8 heteroatoms. The number of H-pyrrole nitrogens is 1. The number of aromatic hydroxyl groups is 3. The zero-order valence-corrected chi connectivity index (χ0v) is 27.3. The molecule has 3 aliphatic carbocycles. The molecule has 47 heavy (non-hydrogen) atoms. The SMILES string of the molecule is COc1c(O)c(O)c(CO)c(C2CC(O)C3CCC(c4ccc(O)c(C5C=CCC(C6CCCC6)C5)c4)CC3O2)c1Cc1cc[nH]c1. The molecule has 6 N–H and O–H groups in total. The maximum atomic E-state index is 11.5. The highest BCUT2D eigenvalue weighted by Crippen LogP contribution is 2.52. The molecule has 7 unspecified atom stereocenters. The topological polar surface area (TPSA) is 135 Å². The van der Waals surface area contributed by atoms with Crippen molar-refractivity contribution in [3.8, 4) is 23.0 Å². The van der Waals surface area contributed by atoms with Crippen LogP contribution in [0.15, 0.2) is 48.8 Å². The molecule has 4 aliphatic rings. The molecule has 2 heterocycles. The van der Waals surface area contributed by atoms with Gasteiger partial charge in [0.25, 0.3) is 0 Å². The largest absolute Gasteiger partial charge is 0.508 e. The summed E-state index contributed by atoms with van der Waals surface area (Å²) in [7, 11) is 1.44. The molecule has 0 amide bonds. The van der Waals surface area contributed by atoms with E-state index in [-0.39, 0.29) is 35.2 Å². The summed E-state index contributed by atoms with van der Waals surface area (Å²) < 4.78 is 12.5. The lowest BCUT2D eigenvalue weighted by atomic mass is 9.71. The van der Waals surface area contributed by atoms with Gasteiger partial charge in [-0.2, -0.15) is 0 Å². The smallest absolute Gasteiger partial charge is 0.201 e. The summed E-state index contributed by atoms with van der Waals surface area (Å²) in [4.78, 5) is 3.06. The Balaban J connectivity index is 1.16. The van der Waals surface area contributed by atoms with Gasteiger partial charge in [0.15, 0.2) is 11.5 Å². The average Bonchev–Trinajstić information content (AvgIpc) is 3.82. The Bertz CT molecular complexity index is 1580. The van der Waals surface area contributed by atoms with E-state index in [9.17, 15) is 25.5 Å². The number of fused-ring (bicyclic) bond motifs is 1. The van der Waals surface area contributed by atoms with Gasteiger partial charge < -0.3 is 40.0 Å². The summed E-state index contributed by atoms with van der Waals surface area (Å²) in [5, 5.41) is 54.7. The lowest BCUT2D eigenvalue weighted by Crippen LogP contribution is -2.44. The van der Waals surface area contributed by atoms with Crippen LogP contribution in [0.4, 0.5) is 0 Å². The van der Waals surface area contributed by atoms with Crippen LogP contribution in [-0.2, 0) is 17.8 Å². The minimum Gasteiger partial charge on any atom is -0.508 e. The highest BCUT2D eigenvalue weighted by Gasteiger charge is 2.44. The maximum Gasteiger partial charge on any atom is 0.201 e. The number of phenols is 3. The molecule has 1 aliphatic heterocycles. The van der Waals surface area contributed by atoms with Crippen molar-refractivity contribution < 1.29 is 35.0 Å². The number of allylic oxidation sites excluding steroid dienone is 2. The molecule has 0 bridgehead atoms. The van der Waals surface area contributed by atoms with Crippen molar-refractivity contribution in [1.82, 2.24) is 4.98 Å². The van der Waals surface area contributed by atoms with Crippen LogP contribution in [-0.4, -0.2) is 49.8 Å². The normalized spacial score (nSPS) is 29.6. The molecule has 0 spiro atoms. The minimum atomic E-state index is -0.622. The summed E-state index contributed by atoms with van der Waals surface area (Å²) in [6, 6.07) is 8.04. The average molecular weight is 644 g/mol. The zero-order valence-electron chi connectivity index (χ0n) is 27.3. The van der Waals surface area contributed by atoms with Gasteiger partial charge in [0.1, 0.15) is 5.75 Å². The molecule has 1 aromatic heterocycles. The molecule has 2 saturated carbocycles. The fraction of sp³-hybridized carbons (Fsp3) is 0.538. The number of aromatic nitrogens is 1. The molecule has 1 saturated heterocycles. The number of aliphatic hydroxyl groups excluding tert-OH is 2. The summed E-state index contributed by atoms with van der Waals surface area (Å²) in [5.74, 6) is 1.55. The number of hydrogen-bond acceptors (Lipinski definition) is 7. The summed E-state index contributed by atoms with van der Waals surface area (Å²) in [5.41, 5.74) is 4.52. The van der Waals surface area contributed by atoms with Crippen molar-refractivity contribution in [3.05, 3.63) is 82.2 Å². The Hall–Kier alpha value is -3.46. The molecular weight excluding hydrogens is 594 g/mol. The van der Waals surface area contributed by atoms with Crippen LogP contribution in [0.1, 0.15) is 116 Å². The van der Waals surface area contributed by atoms with Crippen molar-refractivity contribution in [2.75, 3.05) is 7.11 Å². The van der Waals surface area contributed by atoms with Gasteiger partial charge in [-0.3, -0.25) is 0 Å². The number of aromatic amines is 1. The second kappa shape index (κ2) is 13.6. The number of hydrogen-bond donors (Lipinski definition) is 6. The van der Waals surface area contributed by atoms with Crippen LogP contribution in [0.5, 0.6) is 23.0 Å². The van der Waals surface area contributed by atoms with Gasteiger partial charge in [-0.05, 0) is 78.7 Å². The first-order valence-corrected chi connectivity index (χ1v) is 17.5. The van der Waals surface area contributed by atoms with E-state index in [1.165, 1.54) is 38.4 Å². The van der Waals surface area contributed by atoms with E-state index in [2.05, 4.69) is 23.2 Å². The second-order valence-corrected chi connectivity index (χ2v) is 14.4. The van der Waals surface area contributed by atoms with E-state index in [4.69, 9.17) is 9.47 Å². The fourth-order valence-electron chi connectivity index (χ4n) is 9.43. The highest BCUT2D eigenvalue weighted by atomic mass is 16.5. The molecule has 0 radical (unpaired) electrons. The third kappa shape index (κ3) is 6.16. The lowest BCUT2D eigenvalue weighted by Gasteiger charge is -2.45. The zero-order chi connectivity index (χ0) is 32.7. The quantitative estimate of drug-likeness (QED) is 0.113. The number of ether oxygens (including phenoxy) is 2. The number of benzene rings is 2. The molecule has 7 atom stereocenters.